The van der Waals surface area contributed by atoms with Crippen LogP contribution in [0.4, 0.5) is 0 Å². The molecule has 3 rings (SSSR count). The van der Waals surface area contributed by atoms with Crippen LogP contribution in [0.3, 0.4) is 0 Å². The molecule has 1 aliphatic rings. The Labute approximate surface area is 144 Å². The SMILES string of the molecule is Cc1nnc(SCC(=O)N[C@@H]2CCS(=O)(=O)C2)n1-c1ccccc1. The summed E-state index contributed by atoms with van der Waals surface area (Å²) in [7, 11) is -3.00. The number of sulfone groups is 1. The van der Waals surface area contributed by atoms with Gasteiger partial charge in [0.1, 0.15) is 5.82 Å². The van der Waals surface area contributed by atoms with Crippen LogP contribution in [0, 0.1) is 6.92 Å². The number of aryl methyl sites for hydroxylation is 1. The highest BCUT2D eigenvalue weighted by Gasteiger charge is 2.28. The third kappa shape index (κ3) is 3.96. The smallest absolute Gasteiger partial charge is 0.230 e. The van der Waals surface area contributed by atoms with Crippen LogP contribution in [0.15, 0.2) is 35.5 Å². The van der Waals surface area contributed by atoms with Crippen molar-refractivity contribution < 1.29 is 13.2 Å². The molecule has 0 radical (unpaired) electrons. The first-order chi connectivity index (χ1) is 11.4. The standard InChI is InChI=1S/C15H18N4O3S2/c1-11-17-18-15(19(11)13-5-3-2-4-6-13)23-9-14(20)16-12-7-8-24(21,22)10-12/h2-6,12H,7-10H2,1H3,(H,16,20)/t12-/m1/s1. The summed E-state index contributed by atoms with van der Waals surface area (Å²) in [4.78, 5) is 12.1. The Bertz CT molecular complexity index is 834. The first kappa shape index (κ1) is 17.0. The predicted octanol–water partition coefficient (Wildman–Crippen LogP) is 0.971. The molecule has 0 bridgehead atoms. The second kappa shape index (κ2) is 6.94. The van der Waals surface area contributed by atoms with Crippen molar-refractivity contribution in [1.29, 1.82) is 0 Å². The van der Waals surface area contributed by atoms with Gasteiger partial charge in [-0.1, -0.05) is 30.0 Å². The molecular formula is C15H18N4O3S2. The van der Waals surface area contributed by atoms with Crippen LogP contribution in [0.5, 0.6) is 0 Å². The molecule has 0 unspecified atom stereocenters. The number of nitrogens with one attached hydrogen (secondary N) is 1. The van der Waals surface area contributed by atoms with Gasteiger partial charge in [0, 0.05) is 11.7 Å². The van der Waals surface area contributed by atoms with Crippen molar-refractivity contribution in [2.24, 2.45) is 0 Å². The molecule has 1 aromatic heterocycles. The maximum Gasteiger partial charge on any atom is 0.230 e. The molecule has 1 saturated heterocycles. The molecule has 0 saturated carbocycles. The van der Waals surface area contributed by atoms with E-state index in [-0.39, 0.29) is 29.2 Å². The highest BCUT2D eigenvalue weighted by atomic mass is 32.2. The summed E-state index contributed by atoms with van der Waals surface area (Å²) in [6.07, 6.45) is 0.484. The van der Waals surface area contributed by atoms with Crippen LogP contribution in [-0.4, -0.2) is 52.4 Å². The van der Waals surface area contributed by atoms with Crippen molar-refractivity contribution in [1.82, 2.24) is 20.1 Å². The minimum absolute atomic E-state index is 0.0305. The molecular weight excluding hydrogens is 348 g/mol. The van der Waals surface area contributed by atoms with Crippen LogP contribution in [0.1, 0.15) is 12.2 Å². The van der Waals surface area contributed by atoms with Gasteiger partial charge < -0.3 is 5.32 Å². The number of thioether (sulfide) groups is 1. The Morgan fingerprint density at radius 2 is 2.08 bits per heavy atom. The average Bonchev–Trinajstić information content (AvgIpc) is 3.08. The lowest BCUT2D eigenvalue weighted by atomic mass is 10.3. The number of benzene rings is 1. The van der Waals surface area contributed by atoms with E-state index in [0.717, 1.165) is 11.5 Å². The summed E-state index contributed by atoms with van der Waals surface area (Å²) < 4.78 is 24.7. The molecule has 7 nitrogen and oxygen atoms in total. The largest absolute Gasteiger partial charge is 0.352 e. The maximum atomic E-state index is 12.1. The first-order valence-corrected chi connectivity index (χ1v) is 10.4. The summed E-state index contributed by atoms with van der Waals surface area (Å²) in [6, 6.07) is 9.40. The Kier molecular flexibility index (Phi) is 4.91. The van der Waals surface area contributed by atoms with E-state index in [0.29, 0.717) is 11.6 Å². The van der Waals surface area contributed by atoms with Crippen LogP contribution in [-0.2, 0) is 14.6 Å². The minimum Gasteiger partial charge on any atom is -0.352 e. The Hall–Kier alpha value is -1.87. The molecule has 1 aromatic carbocycles. The van der Waals surface area contributed by atoms with E-state index < -0.39 is 9.84 Å². The van der Waals surface area contributed by atoms with Crippen molar-refractivity contribution >= 4 is 27.5 Å². The summed E-state index contributed by atoms with van der Waals surface area (Å²) in [5.41, 5.74) is 0.935. The summed E-state index contributed by atoms with van der Waals surface area (Å²) in [5, 5.41) is 11.6. The van der Waals surface area contributed by atoms with Crippen molar-refractivity contribution in [3.05, 3.63) is 36.2 Å². The molecule has 1 N–H and O–H groups in total. The van der Waals surface area contributed by atoms with E-state index in [1.54, 1.807) is 0 Å². The minimum atomic E-state index is -3.00. The number of rotatable bonds is 5. The maximum absolute atomic E-state index is 12.1. The highest BCUT2D eigenvalue weighted by molar-refractivity contribution is 7.99. The number of aromatic nitrogens is 3. The van der Waals surface area contributed by atoms with Gasteiger partial charge in [0.15, 0.2) is 15.0 Å². The van der Waals surface area contributed by atoms with Gasteiger partial charge in [-0.25, -0.2) is 8.42 Å². The summed E-state index contributed by atoms with van der Waals surface area (Å²) in [5.74, 6) is 0.893. The van der Waals surface area contributed by atoms with Crippen LogP contribution >= 0.6 is 11.8 Å². The second-order valence-electron chi connectivity index (χ2n) is 5.66. The van der Waals surface area contributed by atoms with Gasteiger partial charge in [0.05, 0.1) is 17.3 Å². The van der Waals surface area contributed by atoms with Gasteiger partial charge in [-0.05, 0) is 25.5 Å². The van der Waals surface area contributed by atoms with Gasteiger partial charge in [-0.15, -0.1) is 10.2 Å². The van der Waals surface area contributed by atoms with Crippen molar-refractivity contribution in [2.75, 3.05) is 17.3 Å². The quantitative estimate of drug-likeness (QED) is 0.793. The van der Waals surface area contributed by atoms with Gasteiger partial charge in [0.2, 0.25) is 5.91 Å². The lowest BCUT2D eigenvalue weighted by Crippen LogP contribution is -2.36. The molecule has 1 atom stereocenters. The van der Waals surface area contributed by atoms with E-state index in [1.807, 2.05) is 41.8 Å². The number of hydrogen-bond donors (Lipinski definition) is 1. The monoisotopic (exact) mass is 366 g/mol. The zero-order chi connectivity index (χ0) is 17.2. The third-order valence-corrected chi connectivity index (χ3v) is 6.44. The Morgan fingerprint density at radius 3 is 2.75 bits per heavy atom. The fourth-order valence-electron chi connectivity index (χ4n) is 2.62. The van der Waals surface area contributed by atoms with Crippen molar-refractivity contribution in [3.8, 4) is 5.69 Å². The fourth-order valence-corrected chi connectivity index (χ4v) is 5.10. The number of para-hydroxylation sites is 1. The Morgan fingerprint density at radius 1 is 1.33 bits per heavy atom. The average molecular weight is 366 g/mol. The third-order valence-electron chi connectivity index (χ3n) is 3.74. The van der Waals surface area contributed by atoms with Gasteiger partial charge >= 0.3 is 0 Å². The van der Waals surface area contributed by atoms with Crippen LogP contribution in [0.2, 0.25) is 0 Å². The zero-order valence-electron chi connectivity index (χ0n) is 13.2. The van der Waals surface area contributed by atoms with Crippen molar-refractivity contribution in [2.45, 2.75) is 24.5 Å². The number of carbonyl (C=O) groups is 1. The topological polar surface area (TPSA) is 94.0 Å². The molecule has 9 heteroatoms. The van der Waals surface area contributed by atoms with E-state index in [1.165, 1.54) is 11.8 Å². The lowest BCUT2D eigenvalue weighted by molar-refractivity contribution is -0.119. The zero-order valence-corrected chi connectivity index (χ0v) is 14.8. The molecule has 1 fully saturated rings. The van der Waals surface area contributed by atoms with E-state index in [2.05, 4.69) is 15.5 Å². The number of amides is 1. The highest BCUT2D eigenvalue weighted by Crippen LogP contribution is 2.21. The second-order valence-corrected chi connectivity index (χ2v) is 8.83. The predicted molar refractivity (Wildman–Crippen MR) is 92.0 cm³/mol. The van der Waals surface area contributed by atoms with Gasteiger partial charge in [0.25, 0.3) is 0 Å². The van der Waals surface area contributed by atoms with E-state index in [4.69, 9.17) is 0 Å². The molecule has 1 aliphatic heterocycles. The number of nitrogens with zero attached hydrogens (tertiary/aromatic N) is 3. The number of hydrogen-bond acceptors (Lipinski definition) is 6. The molecule has 24 heavy (non-hydrogen) atoms. The molecule has 2 heterocycles. The molecule has 1 amide bonds. The van der Waals surface area contributed by atoms with Crippen molar-refractivity contribution in [3.63, 3.8) is 0 Å². The Balaban J connectivity index is 1.62. The van der Waals surface area contributed by atoms with Crippen LogP contribution in [0.25, 0.3) is 5.69 Å². The molecule has 128 valence electrons. The lowest BCUT2D eigenvalue weighted by Gasteiger charge is -2.11. The van der Waals surface area contributed by atoms with Gasteiger partial charge in [-0.2, -0.15) is 0 Å². The van der Waals surface area contributed by atoms with Crippen LogP contribution < -0.4 is 5.32 Å². The molecule has 0 spiro atoms. The normalized spacial score (nSPS) is 19.3. The fraction of sp³-hybridized carbons (Fsp3) is 0.400. The molecule has 2 aromatic rings. The number of carbonyl (C=O) groups excluding carboxylic acids is 1. The molecule has 0 aliphatic carbocycles. The summed E-state index contributed by atoms with van der Waals surface area (Å²) in [6.45, 7) is 1.85. The van der Waals surface area contributed by atoms with E-state index >= 15 is 0 Å². The van der Waals surface area contributed by atoms with E-state index in [9.17, 15) is 13.2 Å². The summed E-state index contributed by atoms with van der Waals surface area (Å²) >= 11 is 1.28. The first-order valence-electron chi connectivity index (χ1n) is 7.55. The van der Waals surface area contributed by atoms with Gasteiger partial charge in [-0.3, -0.25) is 9.36 Å².